The van der Waals surface area contributed by atoms with Crippen molar-refractivity contribution >= 4 is 12.1 Å². The Morgan fingerprint density at radius 2 is 1.88 bits per heavy atom. The quantitative estimate of drug-likeness (QED) is 0.421. The number of hydrogen-bond donors (Lipinski definition) is 1. The maximum Gasteiger partial charge on any atom is 0.410 e. The van der Waals surface area contributed by atoms with Crippen molar-refractivity contribution in [2.75, 3.05) is 26.2 Å². The number of carbonyl (C=O) groups is 2. The first-order chi connectivity index (χ1) is 19.7. The van der Waals surface area contributed by atoms with Crippen LogP contribution < -0.4 is 4.74 Å². The predicted molar refractivity (Wildman–Crippen MR) is 151 cm³/mol. The third-order valence-corrected chi connectivity index (χ3v) is 9.73. The van der Waals surface area contributed by atoms with Crippen LogP contribution in [0.15, 0.2) is 30.5 Å². The normalized spacial score (nSPS) is 26.3. The molecule has 1 aromatic carbocycles. The van der Waals surface area contributed by atoms with Crippen LogP contribution in [-0.2, 0) is 16.1 Å². The van der Waals surface area contributed by atoms with Gasteiger partial charge in [0.1, 0.15) is 17.2 Å². The van der Waals surface area contributed by atoms with Crippen molar-refractivity contribution < 1.29 is 28.6 Å². The summed E-state index contributed by atoms with van der Waals surface area (Å²) in [5.74, 6) is 0.236. The summed E-state index contributed by atoms with van der Waals surface area (Å²) < 4.78 is 25.7. The number of hydrogen-bond acceptors (Lipinski definition) is 6. The molecule has 1 aromatic heterocycles. The van der Waals surface area contributed by atoms with Gasteiger partial charge in [0.2, 0.25) is 0 Å². The molecule has 0 atom stereocenters. The van der Waals surface area contributed by atoms with Crippen molar-refractivity contribution in [3.63, 3.8) is 0 Å². The summed E-state index contributed by atoms with van der Waals surface area (Å²) in [7, 11) is 0. The van der Waals surface area contributed by atoms with Gasteiger partial charge >= 0.3 is 12.1 Å². The molecule has 2 saturated heterocycles. The highest BCUT2D eigenvalue weighted by Gasteiger charge is 2.50. The van der Waals surface area contributed by atoms with E-state index in [2.05, 4.69) is 22.0 Å². The number of aromatic nitrogens is 1. The first-order valence-electron chi connectivity index (χ1n) is 15.1. The number of carboxylic acid groups (broad SMARTS) is 1. The van der Waals surface area contributed by atoms with Gasteiger partial charge in [-0.25, -0.2) is 9.18 Å². The highest BCUT2D eigenvalue weighted by atomic mass is 19.1. The summed E-state index contributed by atoms with van der Waals surface area (Å²) in [6, 6.07) is 7.58. The number of aliphatic carboxylic acids is 1. The Morgan fingerprint density at radius 1 is 1.15 bits per heavy atom. The van der Waals surface area contributed by atoms with Crippen LogP contribution in [0.5, 0.6) is 5.75 Å². The van der Waals surface area contributed by atoms with E-state index in [9.17, 15) is 19.1 Å². The number of rotatable bonds is 8. The minimum absolute atomic E-state index is 0.0519. The third-order valence-electron chi connectivity index (χ3n) is 9.73. The standard InChI is InChI=1S/C32H40FN3O5/c1-3-40-28-17-26(27-7-6-23(33)18-34-27)25(21-4-5-21)16-22(28)19-35-14-12-32(13-15-35)20-36(30(39)41-32)24-8-10-31(2,11-9-24)29(37)38/h6-7,16-18,21,24H,3-5,8-15,19-20H2,1-2H3,(H,37,38)/t24-,31-. The van der Waals surface area contributed by atoms with Gasteiger partial charge in [-0.1, -0.05) is 0 Å². The van der Waals surface area contributed by atoms with Gasteiger partial charge in [0.15, 0.2) is 0 Å². The second-order valence-electron chi connectivity index (χ2n) is 12.7. The fraction of sp³-hybridized carbons (Fsp3) is 0.594. The smallest absolute Gasteiger partial charge is 0.410 e. The molecule has 3 heterocycles. The second-order valence-corrected chi connectivity index (χ2v) is 12.7. The number of benzene rings is 1. The highest BCUT2D eigenvalue weighted by Crippen LogP contribution is 2.47. The van der Waals surface area contributed by atoms with E-state index in [0.717, 1.165) is 67.9 Å². The molecule has 4 fully saturated rings. The average molecular weight is 566 g/mol. The zero-order chi connectivity index (χ0) is 28.8. The zero-order valence-corrected chi connectivity index (χ0v) is 24.0. The first-order valence-corrected chi connectivity index (χ1v) is 15.1. The lowest BCUT2D eigenvalue weighted by Crippen LogP contribution is -2.48. The van der Waals surface area contributed by atoms with Crippen molar-refractivity contribution in [3.05, 3.63) is 47.4 Å². The SMILES string of the molecule is CCOc1cc(-c2ccc(F)cn2)c(C2CC2)cc1CN1CCC2(CC1)CN([C@H]1CC[C@](C)(C(=O)O)CC1)C(=O)O2. The summed E-state index contributed by atoms with van der Waals surface area (Å²) in [5.41, 5.74) is 3.00. The van der Waals surface area contributed by atoms with Crippen LogP contribution in [0.3, 0.4) is 0 Å². The first kappa shape index (κ1) is 27.9. The number of carboxylic acids is 1. The van der Waals surface area contributed by atoms with Crippen LogP contribution in [-0.4, -0.2) is 69.8 Å². The van der Waals surface area contributed by atoms with Crippen molar-refractivity contribution in [2.24, 2.45) is 5.41 Å². The number of piperidine rings is 1. The minimum atomic E-state index is -0.748. The summed E-state index contributed by atoms with van der Waals surface area (Å²) in [6.45, 7) is 7.30. The van der Waals surface area contributed by atoms with E-state index in [1.807, 2.05) is 18.7 Å². The maximum absolute atomic E-state index is 13.6. The molecular weight excluding hydrogens is 525 g/mol. The Labute approximate surface area is 240 Å². The summed E-state index contributed by atoms with van der Waals surface area (Å²) in [6.07, 6.45) is 7.41. The van der Waals surface area contributed by atoms with Crippen LogP contribution in [0.25, 0.3) is 11.3 Å². The van der Waals surface area contributed by atoms with Gasteiger partial charge in [0.05, 0.1) is 30.5 Å². The van der Waals surface area contributed by atoms with E-state index >= 15 is 0 Å². The Morgan fingerprint density at radius 3 is 2.49 bits per heavy atom. The summed E-state index contributed by atoms with van der Waals surface area (Å²) in [5, 5.41) is 9.56. The second kappa shape index (κ2) is 10.9. The topological polar surface area (TPSA) is 92.2 Å². The van der Waals surface area contributed by atoms with E-state index in [-0.39, 0.29) is 18.0 Å². The number of ether oxygens (including phenoxy) is 2. The number of pyridine rings is 1. The molecule has 1 amide bonds. The predicted octanol–water partition coefficient (Wildman–Crippen LogP) is 5.98. The Balaban J connectivity index is 1.13. The van der Waals surface area contributed by atoms with Gasteiger partial charge in [-0.05, 0) is 88.1 Å². The van der Waals surface area contributed by atoms with Crippen LogP contribution >= 0.6 is 0 Å². The van der Waals surface area contributed by atoms with Crippen LogP contribution in [0.4, 0.5) is 9.18 Å². The maximum atomic E-state index is 13.6. The molecule has 0 radical (unpaired) electrons. The van der Waals surface area contributed by atoms with Crippen LogP contribution in [0.2, 0.25) is 0 Å². The molecule has 1 spiro atoms. The third kappa shape index (κ3) is 5.65. The number of nitrogens with zero attached hydrogens (tertiary/aromatic N) is 3. The molecular formula is C32H40FN3O5. The molecule has 2 saturated carbocycles. The largest absolute Gasteiger partial charge is 0.494 e. The lowest BCUT2D eigenvalue weighted by Gasteiger charge is -2.39. The molecule has 9 heteroatoms. The monoisotopic (exact) mass is 565 g/mol. The number of amides is 1. The number of halogens is 1. The molecule has 1 N–H and O–H groups in total. The van der Waals surface area contributed by atoms with Crippen molar-refractivity contribution in [3.8, 4) is 17.0 Å². The lowest BCUT2D eigenvalue weighted by molar-refractivity contribution is -0.150. The molecule has 2 aromatic rings. The Bertz CT molecular complexity index is 1300. The van der Waals surface area contributed by atoms with Gasteiger partial charge in [-0.2, -0.15) is 0 Å². The average Bonchev–Trinajstić information content (AvgIpc) is 3.75. The van der Waals surface area contributed by atoms with Crippen molar-refractivity contribution in [2.45, 2.75) is 89.3 Å². The van der Waals surface area contributed by atoms with Crippen LogP contribution in [0, 0.1) is 11.2 Å². The minimum Gasteiger partial charge on any atom is -0.494 e. The molecule has 0 unspecified atom stereocenters. The molecule has 0 bridgehead atoms. The fourth-order valence-electron chi connectivity index (χ4n) is 6.86. The van der Waals surface area contributed by atoms with Crippen LogP contribution in [0.1, 0.15) is 82.3 Å². The zero-order valence-electron chi connectivity index (χ0n) is 24.0. The highest BCUT2D eigenvalue weighted by molar-refractivity contribution is 5.74. The number of carbonyl (C=O) groups excluding carboxylic acids is 1. The van der Waals surface area contributed by atoms with E-state index < -0.39 is 17.0 Å². The summed E-state index contributed by atoms with van der Waals surface area (Å²) >= 11 is 0. The number of likely N-dealkylation sites (tertiary alicyclic amines) is 1. The van der Waals surface area contributed by atoms with Gasteiger partial charge in [-0.3, -0.25) is 14.7 Å². The van der Waals surface area contributed by atoms with Gasteiger partial charge < -0.3 is 19.5 Å². The Hall–Kier alpha value is -3.20. The molecule has 8 nitrogen and oxygen atoms in total. The van der Waals surface area contributed by atoms with E-state index in [1.165, 1.54) is 17.8 Å². The fourth-order valence-corrected chi connectivity index (χ4v) is 6.86. The molecule has 41 heavy (non-hydrogen) atoms. The van der Waals surface area contributed by atoms with Gasteiger partial charge in [0, 0.05) is 49.6 Å². The van der Waals surface area contributed by atoms with E-state index in [4.69, 9.17) is 9.47 Å². The van der Waals surface area contributed by atoms with Crippen molar-refractivity contribution in [1.82, 2.24) is 14.8 Å². The summed E-state index contributed by atoms with van der Waals surface area (Å²) in [4.78, 5) is 33.2. The van der Waals surface area contributed by atoms with Gasteiger partial charge in [-0.15, -0.1) is 0 Å². The molecule has 220 valence electrons. The molecule has 2 aliphatic carbocycles. The molecule has 6 rings (SSSR count). The Kier molecular flexibility index (Phi) is 7.42. The molecule has 2 aliphatic heterocycles. The van der Waals surface area contributed by atoms with E-state index in [0.29, 0.717) is 44.8 Å². The van der Waals surface area contributed by atoms with Crippen molar-refractivity contribution in [1.29, 1.82) is 0 Å². The van der Waals surface area contributed by atoms with Gasteiger partial charge in [0.25, 0.3) is 0 Å². The molecule has 4 aliphatic rings. The van der Waals surface area contributed by atoms with E-state index in [1.54, 1.807) is 6.07 Å². The lowest BCUT2D eigenvalue weighted by atomic mass is 9.73.